The van der Waals surface area contributed by atoms with Gasteiger partial charge in [0.2, 0.25) is 0 Å². The highest BCUT2D eigenvalue weighted by atomic mass is 35.5. The van der Waals surface area contributed by atoms with Crippen molar-refractivity contribution in [2.75, 3.05) is 5.73 Å². The fraction of sp³-hybridized carbons (Fsp3) is 0.375. The van der Waals surface area contributed by atoms with Gasteiger partial charge in [0, 0.05) is 11.4 Å². The molecule has 0 bridgehead atoms. The number of nitrogens with zero attached hydrogens (tertiary/aromatic N) is 3. The lowest BCUT2D eigenvalue weighted by molar-refractivity contribution is -0.385. The van der Waals surface area contributed by atoms with E-state index < -0.39 is 4.92 Å². The normalized spacial score (nSPS) is 9.08. The van der Waals surface area contributed by atoms with E-state index in [0.29, 0.717) is 22.1 Å². The Kier molecular flexibility index (Phi) is 10.2. The van der Waals surface area contributed by atoms with Crippen molar-refractivity contribution in [3.05, 3.63) is 55.1 Å². The molecular weight excluding hydrogens is 351 g/mol. The molecule has 0 fully saturated rings. The fourth-order valence-electron chi connectivity index (χ4n) is 1.78. The van der Waals surface area contributed by atoms with E-state index in [1.54, 1.807) is 19.9 Å². The Hall–Kier alpha value is -1.92. The zero-order chi connectivity index (χ0) is 17.0. The van der Waals surface area contributed by atoms with Crippen LogP contribution in [0.3, 0.4) is 0 Å². The zero-order valence-corrected chi connectivity index (χ0v) is 14.2. The number of aryl methyl sites for hydroxylation is 4. The molecule has 0 aliphatic carbocycles. The van der Waals surface area contributed by atoms with E-state index in [9.17, 15) is 10.1 Å². The second kappa shape index (κ2) is 10.1. The average molecular weight is 375 g/mol. The Labute approximate surface area is 153 Å². The third kappa shape index (κ3) is 6.29. The first-order valence-corrected chi connectivity index (χ1v) is 7.06. The number of hydrogen-bond acceptors (Lipinski definition) is 5. The van der Waals surface area contributed by atoms with Crippen molar-refractivity contribution in [2.45, 2.75) is 42.5 Å². The molecule has 0 amide bonds. The van der Waals surface area contributed by atoms with Gasteiger partial charge >= 0.3 is 5.69 Å². The summed E-state index contributed by atoms with van der Waals surface area (Å²) in [7, 11) is 0. The number of aromatic nitrogens is 2. The summed E-state index contributed by atoms with van der Waals surface area (Å²) in [5, 5.41) is 11.2. The summed E-state index contributed by atoms with van der Waals surface area (Å²) in [4.78, 5) is 18.0. The van der Waals surface area contributed by atoms with Gasteiger partial charge in [-0.05, 0) is 39.8 Å². The second-order valence-electron chi connectivity index (χ2n) is 4.68. The standard InChI is InChI=1S/C7H7ClN2O2.C7H9ClN2.2CH4/c1-4-3-6(8)7(10(11)12)5(2)9-4;1-4-3-6(8)7(9)5(2)10-4;;/h3H,1-2H3;3H,9H2,1-2H3;2*1H4. The van der Waals surface area contributed by atoms with Crippen LogP contribution >= 0.6 is 23.2 Å². The first-order valence-electron chi connectivity index (χ1n) is 6.30. The summed E-state index contributed by atoms with van der Waals surface area (Å²) in [6.07, 6.45) is 0. The van der Waals surface area contributed by atoms with E-state index in [1.807, 2.05) is 13.8 Å². The second-order valence-corrected chi connectivity index (χ2v) is 5.50. The topological polar surface area (TPSA) is 94.9 Å². The zero-order valence-electron chi connectivity index (χ0n) is 12.6. The quantitative estimate of drug-likeness (QED) is 0.527. The number of nitro groups is 1. The number of pyridine rings is 2. The molecule has 0 radical (unpaired) electrons. The minimum atomic E-state index is -0.524. The van der Waals surface area contributed by atoms with Crippen molar-refractivity contribution in [2.24, 2.45) is 0 Å². The van der Waals surface area contributed by atoms with Crippen molar-refractivity contribution in [3.8, 4) is 0 Å². The van der Waals surface area contributed by atoms with E-state index in [4.69, 9.17) is 28.9 Å². The molecule has 2 rings (SSSR count). The molecule has 0 unspecified atom stereocenters. The number of hydrogen-bond donors (Lipinski definition) is 1. The van der Waals surface area contributed by atoms with Crippen LogP contribution in [0.5, 0.6) is 0 Å². The van der Waals surface area contributed by atoms with Crippen molar-refractivity contribution in [3.63, 3.8) is 0 Å². The SMILES string of the molecule is C.C.Cc1cc(Cl)c(N)c(C)n1.Cc1cc(Cl)c([N+](=O)[O-])c(C)n1. The summed E-state index contributed by atoms with van der Waals surface area (Å²) in [5.41, 5.74) is 8.75. The van der Waals surface area contributed by atoms with Crippen molar-refractivity contribution in [1.82, 2.24) is 9.97 Å². The first kappa shape index (κ1) is 24.3. The molecule has 0 aromatic carbocycles. The number of anilines is 1. The minimum absolute atomic E-state index is 0. The van der Waals surface area contributed by atoms with Crippen LogP contribution in [0.25, 0.3) is 0 Å². The van der Waals surface area contributed by atoms with Crippen LogP contribution < -0.4 is 5.73 Å². The van der Waals surface area contributed by atoms with Crippen molar-refractivity contribution >= 4 is 34.6 Å². The van der Waals surface area contributed by atoms with Gasteiger partial charge < -0.3 is 5.73 Å². The van der Waals surface area contributed by atoms with Crippen LogP contribution in [0.4, 0.5) is 11.4 Å². The molecular formula is C16H24Cl2N4O2. The first-order chi connectivity index (χ1) is 10.1. The van der Waals surface area contributed by atoms with Crippen LogP contribution in [0.2, 0.25) is 10.0 Å². The van der Waals surface area contributed by atoms with Crippen molar-refractivity contribution < 1.29 is 4.92 Å². The monoisotopic (exact) mass is 374 g/mol. The maximum atomic E-state index is 10.4. The molecule has 2 N–H and O–H groups in total. The third-order valence-electron chi connectivity index (χ3n) is 2.76. The Morgan fingerprint density at radius 3 is 1.75 bits per heavy atom. The lowest BCUT2D eigenvalue weighted by Crippen LogP contribution is -1.96. The molecule has 0 spiro atoms. The summed E-state index contributed by atoms with van der Waals surface area (Å²) in [6.45, 7) is 7.03. The largest absolute Gasteiger partial charge is 0.396 e. The summed E-state index contributed by atoms with van der Waals surface area (Å²) in [6, 6.07) is 3.23. The molecule has 8 heteroatoms. The van der Waals surface area contributed by atoms with Gasteiger partial charge in [-0.15, -0.1) is 0 Å². The number of halogens is 2. The van der Waals surface area contributed by atoms with Crippen LogP contribution in [0, 0.1) is 37.8 Å². The van der Waals surface area contributed by atoms with Crippen LogP contribution in [0.15, 0.2) is 12.1 Å². The highest BCUT2D eigenvalue weighted by Crippen LogP contribution is 2.26. The predicted molar refractivity (Wildman–Crippen MR) is 102 cm³/mol. The van der Waals surface area contributed by atoms with Gasteiger partial charge in [-0.1, -0.05) is 38.1 Å². The molecule has 2 heterocycles. The van der Waals surface area contributed by atoms with E-state index in [-0.39, 0.29) is 25.6 Å². The van der Waals surface area contributed by atoms with Gasteiger partial charge in [0.05, 0.1) is 21.3 Å². The Bertz CT molecular complexity index is 675. The number of nitrogen functional groups attached to an aromatic ring is 1. The average Bonchev–Trinajstić information content (AvgIpc) is 2.34. The maximum Gasteiger partial charge on any atom is 0.308 e. The summed E-state index contributed by atoms with van der Waals surface area (Å²) >= 11 is 11.4. The maximum absolute atomic E-state index is 10.4. The van der Waals surface area contributed by atoms with E-state index in [0.717, 1.165) is 11.4 Å². The van der Waals surface area contributed by atoms with Gasteiger partial charge in [0.15, 0.2) is 0 Å². The lowest BCUT2D eigenvalue weighted by Gasteiger charge is -2.01. The van der Waals surface area contributed by atoms with Gasteiger partial charge in [-0.25, -0.2) is 0 Å². The minimum Gasteiger partial charge on any atom is -0.396 e. The van der Waals surface area contributed by atoms with Gasteiger partial charge in [0.25, 0.3) is 0 Å². The van der Waals surface area contributed by atoms with Gasteiger partial charge in [0.1, 0.15) is 10.7 Å². The number of rotatable bonds is 1. The van der Waals surface area contributed by atoms with Gasteiger partial charge in [-0.2, -0.15) is 0 Å². The number of nitrogens with two attached hydrogens (primary N) is 1. The Morgan fingerprint density at radius 1 is 0.958 bits per heavy atom. The highest BCUT2D eigenvalue weighted by molar-refractivity contribution is 6.33. The molecule has 2 aromatic rings. The van der Waals surface area contributed by atoms with Crippen LogP contribution in [-0.4, -0.2) is 14.9 Å². The molecule has 134 valence electrons. The molecule has 0 saturated carbocycles. The molecule has 24 heavy (non-hydrogen) atoms. The lowest BCUT2D eigenvalue weighted by atomic mass is 10.3. The molecule has 6 nitrogen and oxygen atoms in total. The Morgan fingerprint density at radius 2 is 1.38 bits per heavy atom. The smallest absolute Gasteiger partial charge is 0.308 e. The van der Waals surface area contributed by atoms with Crippen LogP contribution in [0.1, 0.15) is 37.6 Å². The van der Waals surface area contributed by atoms with Crippen LogP contribution in [-0.2, 0) is 0 Å². The van der Waals surface area contributed by atoms with Gasteiger partial charge in [-0.3, -0.25) is 20.1 Å². The van der Waals surface area contributed by atoms with E-state index >= 15 is 0 Å². The molecule has 0 aliphatic rings. The molecule has 0 saturated heterocycles. The molecule has 0 aliphatic heterocycles. The van der Waals surface area contributed by atoms with E-state index in [2.05, 4.69) is 9.97 Å². The third-order valence-corrected chi connectivity index (χ3v) is 3.36. The predicted octanol–water partition coefficient (Wildman–Crippen LogP) is 5.47. The van der Waals surface area contributed by atoms with Crippen molar-refractivity contribution in [1.29, 1.82) is 0 Å². The molecule has 0 atom stereocenters. The Balaban J connectivity index is 0. The fourth-order valence-corrected chi connectivity index (χ4v) is 2.44. The molecule has 2 aromatic heterocycles. The summed E-state index contributed by atoms with van der Waals surface area (Å²) in [5.74, 6) is 0. The highest BCUT2D eigenvalue weighted by Gasteiger charge is 2.17. The summed E-state index contributed by atoms with van der Waals surface area (Å²) < 4.78 is 0. The van der Waals surface area contributed by atoms with E-state index in [1.165, 1.54) is 6.07 Å².